The normalized spacial score (nSPS) is 13.1. The molecule has 0 radical (unpaired) electrons. The third kappa shape index (κ3) is 7.86. The van der Waals surface area contributed by atoms with E-state index in [0.717, 1.165) is 5.92 Å². The molecule has 0 atom stereocenters. The van der Waals surface area contributed by atoms with Crippen molar-refractivity contribution in [2.24, 2.45) is 11.3 Å². The van der Waals surface area contributed by atoms with Crippen molar-refractivity contribution in [3.63, 3.8) is 0 Å². The van der Waals surface area contributed by atoms with Gasteiger partial charge in [0.2, 0.25) is 0 Å². The van der Waals surface area contributed by atoms with Gasteiger partial charge in [0.15, 0.2) is 0 Å². The van der Waals surface area contributed by atoms with Gasteiger partial charge in [0, 0.05) is 13.1 Å². The van der Waals surface area contributed by atoms with Crippen molar-refractivity contribution in [2.45, 2.75) is 34.6 Å². The van der Waals surface area contributed by atoms with Crippen LogP contribution in [0, 0.1) is 11.3 Å². The molecular weight excluding hydrogens is 134 g/mol. The molecule has 1 nitrogen and oxygen atoms in total. The highest BCUT2D eigenvalue weighted by Crippen LogP contribution is 2.14. The number of nitrogens with zero attached hydrogens (tertiary/aromatic N) is 1. The zero-order chi connectivity index (χ0) is 9.07. The summed E-state index contributed by atoms with van der Waals surface area (Å²) in [4.78, 5) is 2.41. The summed E-state index contributed by atoms with van der Waals surface area (Å²) in [5.74, 6) is 0.780. The van der Waals surface area contributed by atoms with Crippen molar-refractivity contribution < 1.29 is 0 Å². The Morgan fingerprint density at radius 3 is 1.91 bits per heavy atom. The van der Waals surface area contributed by atoms with Gasteiger partial charge in [-0.1, -0.05) is 34.6 Å². The topological polar surface area (TPSA) is 3.24 Å². The van der Waals surface area contributed by atoms with Gasteiger partial charge in [-0.3, -0.25) is 0 Å². The van der Waals surface area contributed by atoms with Crippen molar-refractivity contribution in [2.75, 3.05) is 20.1 Å². The Bertz CT molecular complexity index is 99.9. The SMILES string of the molecule is CC(C)CN(C)CC(C)(C)C. The Balaban J connectivity index is 3.61. The summed E-state index contributed by atoms with van der Waals surface area (Å²) in [7, 11) is 2.20. The zero-order valence-corrected chi connectivity index (χ0v) is 8.94. The number of rotatable bonds is 3. The lowest BCUT2D eigenvalue weighted by molar-refractivity contribution is 0.208. The van der Waals surface area contributed by atoms with Crippen molar-refractivity contribution in [3.05, 3.63) is 0 Å². The molecule has 11 heavy (non-hydrogen) atoms. The molecule has 0 aliphatic carbocycles. The van der Waals surface area contributed by atoms with E-state index in [4.69, 9.17) is 0 Å². The minimum absolute atomic E-state index is 0.434. The maximum absolute atomic E-state index is 2.41. The smallest absolute Gasteiger partial charge is 0.00271 e. The molecule has 0 spiro atoms. The first kappa shape index (κ1) is 11.0. The van der Waals surface area contributed by atoms with Crippen LogP contribution in [-0.4, -0.2) is 25.0 Å². The fourth-order valence-electron chi connectivity index (χ4n) is 1.50. The molecule has 0 saturated heterocycles. The lowest BCUT2D eigenvalue weighted by Crippen LogP contribution is -2.31. The van der Waals surface area contributed by atoms with Gasteiger partial charge in [-0.15, -0.1) is 0 Å². The molecular formula is C10H23N. The predicted octanol–water partition coefficient (Wildman–Crippen LogP) is 2.62. The summed E-state index contributed by atoms with van der Waals surface area (Å²) in [6.07, 6.45) is 0. The predicted molar refractivity (Wildman–Crippen MR) is 51.8 cm³/mol. The highest BCUT2D eigenvalue weighted by Gasteiger charge is 2.13. The van der Waals surface area contributed by atoms with Crippen molar-refractivity contribution >= 4 is 0 Å². The van der Waals surface area contributed by atoms with E-state index in [1.165, 1.54) is 13.1 Å². The van der Waals surface area contributed by atoms with Gasteiger partial charge in [-0.25, -0.2) is 0 Å². The largest absolute Gasteiger partial charge is 0.306 e. The van der Waals surface area contributed by atoms with E-state index in [1.807, 2.05) is 0 Å². The summed E-state index contributed by atoms with van der Waals surface area (Å²) >= 11 is 0. The molecule has 0 amide bonds. The molecule has 0 N–H and O–H groups in total. The quantitative estimate of drug-likeness (QED) is 0.608. The monoisotopic (exact) mass is 157 g/mol. The second-order valence-corrected chi connectivity index (χ2v) is 5.15. The highest BCUT2D eigenvalue weighted by atomic mass is 15.1. The van der Waals surface area contributed by atoms with Crippen LogP contribution in [0.3, 0.4) is 0 Å². The molecule has 0 aliphatic rings. The third-order valence-electron chi connectivity index (χ3n) is 1.42. The third-order valence-corrected chi connectivity index (χ3v) is 1.42. The molecule has 68 valence electrons. The molecule has 0 fully saturated rings. The first-order chi connectivity index (χ1) is 4.81. The van der Waals surface area contributed by atoms with E-state index < -0.39 is 0 Å². The van der Waals surface area contributed by atoms with E-state index in [9.17, 15) is 0 Å². The molecule has 0 aromatic carbocycles. The maximum Gasteiger partial charge on any atom is 0.00271 e. The van der Waals surface area contributed by atoms with Crippen LogP contribution >= 0.6 is 0 Å². The first-order valence-corrected chi connectivity index (χ1v) is 4.50. The number of hydrogen-bond acceptors (Lipinski definition) is 1. The minimum Gasteiger partial charge on any atom is -0.306 e. The van der Waals surface area contributed by atoms with Crippen molar-refractivity contribution in [3.8, 4) is 0 Å². The Hall–Kier alpha value is -0.0400. The van der Waals surface area contributed by atoms with Crippen LogP contribution < -0.4 is 0 Å². The van der Waals surface area contributed by atoms with E-state index in [-0.39, 0.29) is 0 Å². The maximum atomic E-state index is 2.41. The molecule has 0 aliphatic heterocycles. The summed E-state index contributed by atoms with van der Waals surface area (Å²) in [5, 5.41) is 0. The minimum atomic E-state index is 0.434. The van der Waals surface area contributed by atoms with E-state index in [2.05, 4.69) is 46.6 Å². The highest BCUT2D eigenvalue weighted by molar-refractivity contribution is 4.66. The molecule has 0 unspecified atom stereocenters. The molecule has 0 saturated carbocycles. The molecule has 1 heteroatoms. The van der Waals surface area contributed by atoms with Crippen LogP contribution in [-0.2, 0) is 0 Å². The second kappa shape index (κ2) is 4.10. The van der Waals surface area contributed by atoms with Crippen LogP contribution in [0.1, 0.15) is 34.6 Å². The fourth-order valence-corrected chi connectivity index (χ4v) is 1.50. The van der Waals surface area contributed by atoms with Crippen LogP contribution in [0.5, 0.6) is 0 Å². The van der Waals surface area contributed by atoms with Gasteiger partial charge in [0.25, 0.3) is 0 Å². The summed E-state index contributed by atoms with van der Waals surface area (Å²) in [5.41, 5.74) is 0.434. The lowest BCUT2D eigenvalue weighted by atomic mass is 9.96. The Labute approximate surface area is 71.8 Å². The Kier molecular flexibility index (Phi) is 4.09. The number of hydrogen-bond donors (Lipinski definition) is 0. The van der Waals surface area contributed by atoms with Gasteiger partial charge < -0.3 is 4.90 Å². The van der Waals surface area contributed by atoms with Gasteiger partial charge in [0.05, 0.1) is 0 Å². The Morgan fingerprint density at radius 2 is 1.64 bits per heavy atom. The summed E-state index contributed by atoms with van der Waals surface area (Å²) in [6, 6.07) is 0. The average Bonchev–Trinajstić information content (AvgIpc) is 1.53. The van der Waals surface area contributed by atoms with Gasteiger partial charge >= 0.3 is 0 Å². The van der Waals surface area contributed by atoms with Crippen LogP contribution in [0.15, 0.2) is 0 Å². The molecule has 0 aromatic heterocycles. The Morgan fingerprint density at radius 1 is 1.18 bits per heavy atom. The molecule has 0 heterocycles. The van der Waals surface area contributed by atoms with Crippen molar-refractivity contribution in [1.82, 2.24) is 4.90 Å². The molecule has 0 rings (SSSR count). The molecule has 0 aromatic rings. The van der Waals surface area contributed by atoms with Gasteiger partial charge in [-0.05, 0) is 18.4 Å². The van der Waals surface area contributed by atoms with Gasteiger partial charge in [0.1, 0.15) is 0 Å². The van der Waals surface area contributed by atoms with E-state index in [0.29, 0.717) is 5.41 Å². The van der Waals surface area contributed by atoms with Crippen LogP contribution in [0.2, 0.25) is 0 Å². The molecule has 0 bridgehead atoms. The van der Waals surface area contributed by atoms with E-state index in [1.54, 1.807) is 0 Å². The van der Waals surface area contributed by atoms with Gasteiger partial charge in [-0.2, -0.15) is 0 Å². The van der Waals surface area contributed by atoms with E-state index >= 15 is 0 Å². The van der Waals surface area contributed by atoms with Crippen LogP contribution in [0.25, 0.3) is 0 Å². The fraction of sp³-hybridized carbons (Fsp3) is 1.00. The first-order valence-electron chi connectivity index (χ1n) is 4.50. The van der Waals surface area contributed by atoms with Crippen LogP contribution in [0.4, 0.5) is 0 Å². The van der Waals surface area contributed by atoms with Crippen molar-refractivity contribution in [1.29, 1.82) is 0 Å². The average molecular weight is 157 g/mol. The second-order valence-electron chi connectivity index (χ2n) is 5.15. The summed E-state index contributed by atoms with van der Waals surface area (Å²) < 4.78 is 0. The summed E-state index contributed by atoms with van der Waals surface area (Å²) in [6.45, 7) is 13.8. The lowest BCUT2D eigenvalue weighted by Gasteiger charge is -2.27. The zero-order valence-electron chi connectivity index (χ0n) is 8.94. The standard InChI is InChI=1S/C10H23N/c1-9(2)7-11(6)8-10(3,4)5/h9H,7-8H2,1-6H3.